The van der Waals surface area contributed by atoms with Crippen LogP contribution in [0, 0.1) is 5.92 Å². The number of nitrogens with two attached hydrogens (primary N) is 2. The maximum atomic E-state index is 6.21. The lowest BCUT2D eigenvalue weighted by atomic mass is 9.94. The molecule has 1 heterocycles. The quantitative estimate of drug-likeness (QED) is 0.837. The van der Waals surface area contributed by atoms with Crippen molar-refractivity contribution in [3.63, 3.8) is 0 Å². The molecular weight excluding hydrogens is 212 g/mol. The third kappa shape index (κ3) is 2.99. The molecule has 0 saturated heterocycles. The lowest BCUT2D eigenvalue weighted by Crippen LogP contribution is -2.19. The molecule has 0 aromatic heterocycles. The second-order valence-corrected chi connectivity index (χ2v) is 5.00. The van der Waals surface area contributed by atoms with Gasteiger partial charge in [-0.3, -0.25) is 0 Å². The predicted octanol–water partition coefficient (Wildman–Crippen LogP) is 2.00. The Hall–Kier alpha value is -1.06. The third-order valence-corrected chi connectivity index (χ3v) is 3.42. The first-order valence-electron chi connectivity index (χ1n) is 6.42. The minimum atomic E-state index is 0.0841. The SMILES string of the molecule is CC(CN)CC(N)c1ccc2c(c1)CCCO2. The molecular formula is C14H22N2O. The van der Waals surface area contributed by atoms with E-state index in [2.05, 4.69) is 25.1 Å². The number of hydrogen-bond donors (Lipinski definition) is 2. The summed E-state index contributed by atoms with van der Waals surface area (Å²) >= 11 is 0. The fraction of sp³-hybridized carbons (Fsp3) is 0.571. The van der Waals surface area contributed by atoms with E-state index in [4.69, 9.17) is 16.2 Å². The first-order valence-corrected chi connectivity index (χ1v) is 6.42. The van der Waals surface area contributed by atoms with Gasteiger partial charge in [-0.05, 0) is 48.9 Å². The van der Waals surface area contributed by atoms with Gasteiger partial charge in [0.2, 0.25) is 0 Å². The molecule has 0 fully saturated rings. The lowest BCUT2D eigenvalue weighted by Gasteiger charge is -2.21. The van der Waals surface area contributed by atoms with Gasteiger partial charge in [0, 0.05) is 6.04 Å². The molecule has 3 heteroatoms. The fourth-order valence-electron chi connectivity index (χ4n) is 2.28. The van der Waals surface area contributed by atoms with Crippen LogP contribution in [0.4, 0.5) is 0 Å². The summed E-state index contributed by atoms with van der Waals surface area (Å²) in [4.78, 5) is 0. The molecule has 1 aromatic carbocycles. The molecule has 2 atom stereocenters. The zero-order chi connectivity index (χ0) is 12.3. The average Bonchev–Trinajstić information content (AvgIpc) is 2.38. The Bertz CT molecular complexity index is 378. The Morgan fingerprint density at radius 2 is 2.24 bits per heavy atom. The number of ether oxygens (including phenoxy) is 1. The molecule has 0 spiro atoms. The Balaban J connectivity index is 2.10. The van der Waals surface area contributed by atoms with Crippen molar-refractivity contribution < 1.29 is 4.74 Å². The van der Waals surface area contributed by atoms with Gasteiger partial charge in [0.05, 0.1) is 6.61 Å². The summed E-state index contributed by atoms with van der Waals surface area (Å²) in [5.41, 5.74) is 14.3. The summed E-state index contributed by atoms with van der Waals surface area (Å²) < 4.78 is 5.60. The molecule has 1 aliphatic heterocycles. The predicted molar refractivity (Wildman–Crippen MR) is 70.0 cm³/mol. The van der Waals surface area contributed by atoms with Gasteiger partial charge in [-0.1, -0.05) is 19.1 Å². The highest BCUT2D eigenvalue weighted by Crippen LogP contribution is 2.28. The summed E-state index contributed by atoms with van der Waals surface area (Å²) in [7, 11) is 0. The highest BCUT2D eigenvalue weighted by molar-refractivity contribution is 5.39. The van der Waals surface area contributed by atoms with E-state index in [9.17, 15) is 0 Å². The third-order valence-electron chi connectivity index (χ3n) is 3.42. The number of benzene rings is 1. The van der Waals surface area contributed by atoms with Crippen LogP contribution in [0.5, 0.6) is 5.75 Å². The molecule has 0 bridgehead atoms. The van der Waals surface area contributed by atoms with E-state index in [0.29, 0.717) is 12.5 Å². The van der Waals surface area contributed by atoms with Crippen molar-refractivity contribution in [1.82, 2.24) is 0 Å². The topological polar surface area (TPSA) is 61.3 Å². The Kier molecular flexibility index (Phi) is 4.02. The summed E-state index contributed by atoms with van der Waals surface area (Å²) in [6.45, 7) is 3.67. The molecule has 1 aromatic rings. The van der Waals surface area contributed by atoms with E-state index < -0.39 is 0 Å². The molecule has 0 radical (unpaired) electrons. The Morgan fingerprint density at radius 3 is 3.00 bits per heavy atom. The normalized spacial score (nSPS) is 18.1. The number of rotatable bonds is 4. The number of fused-ring (bicyclic) bond motifs is 1. The molecule has 17 heavy (non-hydrogen) atoms. The average molecular weight is 234 g/mol. The smallest absolute Gasteiger partial charge is 0.122 e. The minimum Gasteiger partial charge on any atom is -0.493 e. The van der Waals surface area contributed by atoms with Crippen LogP contribution in [0.25, 0.3) is 0 Å². The van der Waals surface area contributed by atoms with Gasteiger partial charge < -0.3 is 16.2 Å². The zero-order valence-corrected chi connectivity index (χ0v) is 10.5. The van der Waals surface area contributed by atoms with E-state index in [0.717, 1.165) is 31.6 Å². The molecule has 0 amide bonds. The summed E-state index contributed by atoms with van der Waals surface area (Å²) in [5.74, 6) is 1.50. The van der Waals surface area contributed by atoms with Crippen LogP contribution in [-0.2, 0) is 6.42 Å². The maximum Gasteiger partial charge on any atom is 0.122 e. The van der Waals surface area contributed by atoms with E-state index in [-0.39, 0.29) is 6.04 Å². The van der Waals surface area contributed by atoms with E-state index in [1.165, 1.54) is 11.1 Å². The first kappa shape index (κ1) is 12.4. The van der Waals surface area contributed by atoms with Gasteiger partial charge in [0.15, 0.2) is 0 Å². The van der Waals surface area contributed by atoms with Gasteiger partial charge in [-0.15, -0.1) is 0 Å². The maximum absolute atomic E-state index is 6.21. The van der Waals surface area contributed by atoms with E-state index >= 15 is 0 Å². The minimum absolute atomic E-state index is 0.0841. The van der Waals surface area contributed by atoms with Crippen molar-refractivity contribution in [3.05, 3.63) is 29.3 Å². The molecule has 0 saturated carbocycles. The van der Waals surface area contributed by atoms with E-state index in [1.807, 2.05) is 0 Å². The monoisotopic (exact) mass is 234 g/mol. The van der Waals surface area contributed by atoms with Crippen LogP contribution in [0.1, 0.15) is 36.9 Å². The van der Waals surface area contributed by atoms with Gasteiger partial charge in [0.1, 0.15) is 5.75 Å². The Labute approximate surface area is 103 Å². The van der Waals surface area contributed by atoms with Crippen LogP contribution in [0.3, 0.4) is 0 Å². The van der Waals surface area contributed by atoms with Crippen molar-refractivity contribution in [2.45, 2.75) is 32.2 Å². The summed E-state index contributed by atoms with van der Waals surface area (Å²) in [6, 6.07) is 6.41. The molecule has 0 aliphatic carbocycles. The standard InChI is InChI=1S/C14H22N2O/c1-10(9-15)7-13(16)11-4-5-14-12(8-11)3-2-6-17-14/h4-5,8,10,13H,2-3,6-7,9,15-16H2,1H3. The molecule has 2 rings (SSSR count). The van der Waals surface area contributed by atoms with Gasteiger partial charge in [-0.25, -0.2) is 0 Å². The van der Waals surface area contributed by atoms with E-state index in [1.54, 1.807) is 0 Å². The van der Waals surface area contributed by atoms with Gasteiger partial charge in [-0.2, -0.15) is 0 Å². The highest BCUT2D eigenvalue weighted by atomic mass is 16.5. The Morgan fingerprint density at radius 1 is 1.41 bits per heavy atom. The molecule has 2 unspecified atom stereocenters. The van der Waals surface area contributed by atoms with Crippen molar-refractivity contribution in [3.8, 4) is 5.75 Å². The largest absolute Gasteiger partial charge is 0.493 e. The fourth-order valence-corrected chi connectivity index (χ4v) is 2.28. The number of hydrogen-bond acceptors (Lipinski definition) is 3. The summed E-state index contributed by atoms with van der Waals surface area (Å²) in [5, 5.41) is 0. The van der Waals surface area contributed by atoms with Crippen LogP contribution in [0.2, 0.25) is 0 Å². The van der Waals surface area contributed by atoms with Crippen LogP contribution >= 0.6 is 0 Å². The van der Waals surface area contributed by atoms with Crippen LogP contribution in [-0.4, -0.2) is 13.2 Å². The second-order valence-electron chi connectivity index (χ2n) is 5.00. The highest BCUT2D eigenvalue weighted by Gasteiger charge is 2.15. The molecule has 3 nitrogen and oxygen atoms in total. The lowest BCUT2D eigenvalue weighted by molar-refractivity contribution is 0.288. The van der Waals surface area contributed by atoms with Crippen molar-refractivity contribution in [2.75, 3.05) is 13.2 Å². The van der Waals surface area contributed by atoms with Crippen molar-refractivity contribution in [2.24, 2.45) is 17.4 Å². The van der Waals surface area contributed by atoms with Crippen LogP contribution in [0.15, 0.2) is 18.2 Å². The van der Waals surface area contributed by atoms with Crippen LogP contribution < -0.4 is 16.2 Å². The molecule has 1 aliphatic rings. The second kappa shape index (κ2) is 5.52. The van der Waals surface area contributed by atoms with Gasteiger partial charge >= 0.3 is 0 Å². The van der Waals surface area contributed by atoms with Gasteiger partial charge in [0.25, 0.3) is 0 Å². The zero-order valence-electron chi connectivity index (χ0n) is 10.5. The molecule has 4 N–H and O–H groups in total. The first-order chi connectivity index (χ1) is 8.20. The van der Waals surface area contributed by atoms with Crippen molar-refractivity contribution in [1.29, 1.82) is 0 Å². The van der Waals surface area contributed by atoms with Crippen molar-refractivity contribution >= 4 is 0 Å². The number of aryl methyl sites for hydroxylation is 1. The summed E-state index contributed by atoms with van der Waals surface area (Å²) in [6.07, 6.45) is 3.14. The molecule has 94 valence electrons.